The van der Waals surface area contributed by atoms with Gasteiger partial charge in [-0.25, -0.2) is 13.4 Å². The van der Waals surface area contributed by atoms with Crippen molar-refractivity contribution in [2.24, 2.45) is 4.99 Å². The number of hydrogen-bond donors (Lipinski definition) is 3. The fraction of sp³-hybridized carbons (Fsp3) is 0.600. The van der Waals surface area contributed by atoms with E-state index in [2.05, 4.69) is 20.9 Å². The van der Waals surface area contributed by atoms with Gasteiger partial charge < -0.3 is 20.9 Å². The molecule has 0 fully saturated rings. The van der Waals surface area contributed by atoms with Crippen LogP contribution in [0.3, 0.4) is 0 Å². The molecule has 0 heterocycles. The number of hydrogen-bond acceptors (Lipinski definition) is 5. The summed E-state index contributed by atoms with van der Waals surface area (Å²) in [6.45, 7) is 6.37. The molecule has 0 spiro atoms. The van der Waals surface area contributed by atoms with Crippen LogP contribution in [0.25, 0.3) is 0 Å². The summed E-state index contributed by atoms with van der Waals surface area (Å²) in [6, 6.07) is 7.37. The smallest absolute Gasteiger partial charge is 0.251 e. The molecule has 1 rings (SSSR count). The minimum atomic E-state index is -2.99. The van der Waals surface area contributed by atoms with Gasteiger partial charge >= 0.3 is 0 Å². The lowest BCUT2D eigenvalue weighted by atomic mass is 10.1. The largest absolute Gasteiger partial charge is 0.357 e. The molecule has 8 nitrogen and oxygen atoms in total. The van der Waals surface area contributed by atoms with Gasteiger partial charge in [-0.1, -0.05) is 12.1 Å². The molecular formula is C20H35N5O3S. The molecule has 0 aliphatic carbocycles. The van der Waals surface area contributed by atoms with E-state index >= 15 is 0 Å². The predicted molar refractivity (Wildman–Crippen MR) is 119 cm³/mol. The lowest BCUT2D eigenvalue weighted by molar-refractivity contribution is 0.0951. The van der Waals surface area contributed by atoms with Gasteiger partial charge in [0.05, 0.1) is 12.3 Å². The van der Waals surface area contributed by atoms with Crippen LogP contribution in [0.1, 0.15) is 36.2 Å². The summed E-state index contributed by atoms with van der Waals surface area (Å²) in [7, 11) is 0.934. The van der Waals surface area contributed by atoms with Crippen LogP contribution in [0.4, 0.5) is 0 Å². The number of nitrogens with one attached hydrogen (secondary N) is 3. The summed E-state index contributed by atoms with van der Waals surface area (Å²) in [5.41, 5.74) is 1.53. The molecule has 9 heteroatoms. The first-order valence-corrected chi connectivity index (χ1v) is 11.9. The van der Waals surface area contributed by atoms with E-state index in [0.717, 1.165) is 12.1 Å². The van der Waals surface area contributed by atoms with Crippen LogP contribution in [0, 0.1) is 0 Å². The first-order chi connectivity index (χ1) is 13.6. The third kappa shape index (κ3) is 11.5. The minimum absolute atomic E-state index is 0.0312. The Hall–Kier alpha value is -2.13. The molecule has 164 valence electrons. The summed E-state index contributed by atoms with van der Waals surface area (Å²) < 4.78 is 22.7. The second-order valence-electron chi connectivity index (χ2n) is 7.42. The van der Waals surface area contributed by atoms with Gasteiger partial charge in [0.25, 0.3) is 5.91 Å². The normalized spacial score (nSPS) is 13.2. The van der Waals surface area contributed by atoms with Crippen molar-refractivity contribution in [3.05, 3.63) is 35.4 Å². The van der Waals surface area contributed by atoms with E-state index in [9.17, 15) is 13.2 Å². The van der Waals surface area contributed by atoms with Crippen LogP contribution < -0.4 is 16.0 Å². The average Bonchev–Trinajstić information content (AvgIpc) is 2.64. The Morgan fingerprint density at radius 2 is 1.97 bits per heavy atom. The van der Waals surface area contributed by atoms with E-state index in [1.807, 2.05) is 51.0 Å². The summed E-state index contributed by atoms with van der Waals surface area (Å²) in [5.74, 6) is 0.650. The molecule has 29 heavy (non-hydrogen) atoms. The Balaban J connectivity index is 2.70. The van der Waals surface area contributed by atoms with Crippen LogP contribution >= 0.6 is 0 Å². The van der Waals surface area contributed by atoms with Gasteiger partial charge in [-0.05, 0) is 52.1 Å². The van der Waals surface area contributed by atoms with Crippen molar-refractivity contribution >= 4 is 21.7 Å². The number of benzene rings is 1. The Labute approximate surface area is 175 Å². The Morgan fingerprint density at radius 1 is 1.24 bits per heavy atom. The molecule has 1 aromatic carbocycles. The van der Waals surface area contributed by atoms with Crippen LogP contribution in [-0.4, -0.2) is 77.0 Å². The number of rotatable bonds is 11. The number of amides is 1. The standard InChI is InChI=1S/C20H35N5O3S/c1-6-21-20(24-16(2)10-13-29(5,27)28)23-15-17-8-7-9-18(14-17)19(26)22-11-12-25(3)4/h7-9,14,16H,6,10-13,15H2,1-5H3,(H,22,26)(H2,21,23,24). The van der Waals surface area contributed by atoms with Crippen LogP contribution in [-0.2, 0) is 16.4 Å². The number of nitrogens with zero attached hydrogens (tertiary/aromatic N) is 2. The Morgan fingerprint density at radius 3 is 2.59 bits per heavy atom. The maximum absolute atomic E-state index is 12.3. The van der Waals surface area contributed by atoms with Gasteiger partial charge in [0, 0.05) is 37.5 Å². The van der Waals surface area contributed by atoms with Crippen molar-refractivity contribution in [3.63, 3.8) is 0 Å². The van der Waals surface area contributed by atoms with Crippen LogP contribution in [0.2, 0.25) is 0 Å². The van der Waals surface area contributed by atoms with E-state index in [1.54, 1.807) is 6.07 Å². The quantitative estimate of drug-likeness (QED) is 0.359. The summed E-state index contributed by atoms with van der Waals surface area (Å²) in [6.07, 6.45) is 1.74. The van der Waals surface area contributed by atoms with Gasteiger partial charge in [-0.2, -0.15) is 0 Å². The molecule has 0 aromatic heterocycles. The van der Waals surface area contributed by atoms with E-state index < -0.39 is 9.84 Å². The fourth-order valence-electron chi connectivity index (χ4n) is 2.49. The van der Waals surface area contributed by atoms with Crippen molar-refractivity contribution in [2.75, 3.05) is 45.7 Å². The SMILES string of the molecule is CCNC(=NCc1cccc(C(=O)NCCN(C)C)c1)NC(C)CCS(C)(=O)=O. The highest BCUT2D eigenvalue weighted by Gasteiger charge is 2.10. The van der Waals surface area contributed by atoms with Gasteiger partial charge in [0.15, 0.2) is 5.96 Å². The Kier molecular flexibility index (Phi) is 10.7. The summed E-state index contributed by atoms with van der Waals surface area (Å²) in [4.78, 5) is 18.9. The third-order valence-electron chi connectivity index (χ3n) is 4.10. The van der Waals surface area contributed by atoms with E-state index in [0.29, 0.717) is 37.6 Å². The Bertz CT molecular complexity index is 778. The molecule has 0 bridgehead atoms. The molecule has 0 radical (unpaired) electrons. The molecule has 1 amide bonds. The number of carbonyl (C=O) groups is 1. The van der Waals surface area contributed by atoms with Crippen LogP contribution in [0.15, 0.2) is 29.3 Å². The number of guanidine groups is 1. The third-order valence-corrected chi connectivity index (χ3v) is 5.08. The molecule has 1 unspecified atom stereocenters. The monoisotopic (exact) mass is 425 g/mol. The zero-order chi connectivity index (χ0) is 21.9. The highest BCUT2D eigenvalue weighted by atomic mass is 32.2. The number of carbonyl (C=O) groups excluding carboxylic acids is 1. The lowest BCUT2D eigenvalue weighted by Crippen LogP contribution is -2.42. The molecule has 1 atom stereocenters. The topological polar surface area (TPSA) is 103 Å². The maximum atomic E-state index is 12.3. The average molecular weight is 426 g/mol. The van der Waals surface area contributed by atoms with Gasteiger partial charge in [-0.3, -0.25) is 4.79 Å². The minimum Gasteiger partial charge on any atom is -0.357 e. The van der Waals surface area contributed by atoms with E-state index in [4.69, 9.17) is 0 Å². The number of likely N-dealkylation sites (N-methyl/N-ethyl adjacent to an activating group) is 1. The lowest BCUT2D eigenvalue weighted by Gasteiger charge is -2.17. The maximum Gasteiger partial charge on any atom is 0.251 e. The summed E-state index contributed by atoms with van der Waals surface area (Å²) >= 11 is 0. The fourth-order valence-corrected chi connectivity index (χ4v) is 3.27. The predicted octanol–water partition coefficient (Wildman–Crippen LogP) is 0.856. The highest BCUT2D eigenvalue weighted by Crippen LogP contribution is 2.07. The highest BCUT2D eigenvalue weighted by molar-refractivity contribution is 7.90. The first kappa shape index (κ1) is 24.9. The second kappa shape index (κ2) is 12.4. The molecule has 0 saturated heterocycles. The van der Waals surface area contributed by atoms with Crippen molar-refractivity contribution in [3.8, 4) is 0 Å². The molecule has 0 saturated carbocycles. The van der Waals surface area contributed by atoms with Gasteiger partial charge in [0.1, 0.15) is 9.84 Å². The molecule has 3 N–H and O–H groups in total. The summed E-state index contributed by atoms with van der Waals surface area (Å²) in [5, 5.41) is 9.29. The number of sulfone groups is 1. The molecular weight excluding hydrogens is 390 g/mol. The van der Waals surface area contributed by atoms with Crippen molar-refractivity contribution in [1.82, 2.24) is 20.9 Å². The molecule has 0 aliphatic rings. The number of aliphatic imine (C=N–C) groups is 1. The zero-order valence-electron chi connectivity index (χ0n) is 18.2. The van der Waals surface area contributed by atoms with Crippen molar-refractivity contribution < 1.29 is 13.2 Å². The van der Waals surface area contributed by atoms with Crippen molar-refractivity contribution in [1.29, 1.82) is 0 Å². The van der Waals surface area contributed by atoms with Gasteiger partial charge in [0.2, 0.25) is 0 Å². The van der Waals surface area contributed by atoms with Crippen LogP contribution in [0.5, 0.6) is 0 Å². The zero-order valence-corrected chi connectivity index (χ0v) is 19.0. The van der Waals surface area contributed by atoms with Crippen molar-refractivity contribution in [2.45, 2.75) is 32.9 Å². The van der Waals surface area contributed by atoms with Gasteiger partial charge in [-0.15, -0.1) is 0 Å². The molecule has 0 aliphatic heterocycles. The first-order valence-electron chi connectivity index (χ1n) is 9.85. The van der Waals surface area contributed by atoms with E-state index in [-0.39, 0.29) is 17.7 Å². The second-order valence-corrected chi connectivity index (χ2v) is 9.68. The van der Waals surface area contributed by atoms with E-state index in [1.165, 1.54) is 6.26 Å². The molecule has 1 aromatic rings.